The van der Waals surface area contributed by atoms with Crippen molar-refractivity contribution < 1.29 is 4.39 Å². The van der Waals surface area contributed by atoms with Gasteiger partial charge in [0, 0.05) is 0 Å². The van der Waals surface area contributed by atoms with E-state index in [1.807, 2.05) is 6.92 Å². The molecule has 0 atom stereocenters. The molecule has 0 aromatic heterocycles. The van der Waals surface area contributed by atoms with Crippen molar-refractivity contribution in [2.45, 2.75) is 13.3 Å². The molecular formula is C4H6FI. The van der Waals surface area contributed by atoms with Gasteiger partial charge in [0.25, 0.3) is 0 Å². The molecule has 6 heavy (non-hydrogen) atoms. The summed E-state index contributed by atoms with van der Waals surface area (Å²) in [6, 6.07) is 0. The van der Waals surface area contributed by atoms with Crippen LogP contribution in [0.2, 0.25) is 0 Å². The number of hydrogen-bond acceptors (Lipinski definition) is 0. The lowest BCUT2D eigenvalue weighted by atomic mass is 10.5. The predicted molar refractivity (Wildman–Crippen MR) is 33.5 cm³/mol. The third-order valence-electron chi connectivity index (χ3n) is 0.358. The average Bonchev–Trinajstić information content (AvgIpc) is 1.35. The van der Waals surface area contributed by atoms with Crippen molar-refractivity contribution in [3.8, 4) is 0 Å². The Balaban J connectivity index is 3.14. The van der Waals surface area contributed by atoms with Gasteiger partial charge in [0.2, 0.25) is 0 Å². The van der Waals surface area contributed by atoms with E-state index in [1.54, 1.807) is 22.6 Å². The first kappa shape index (κ1) is 6.40. The van der Waals surface area contributed by atoms with Gasteiger partial charge in [0.05, 0.1) is 0 Å². The smallest absolute Gasteiger partial charge is 0.156 e. The second-order valence-electron chi connectivity index (χ2n) is 0.902. The van der Waals surface area contributed by atoms with Crippen molar-refractivity contribution in [1.82, 2.24) is 0 Å². The molecule has 0 aromatic carbocycles. The Bertz CT molecular complexity index is 54.6. The zero-order valence-corrected chi connectivity index (χ0v) is 5.70. The summed E-state index contributed by atoms with van der Waals surface area (Å²) in [6.45, 7) is 1.90. The largest absolute Gasteiger partial charge is 0.200 e. The van der Waals surface area contributed by atoms with E-state index in [-0.39, 0.29) is 3.83 Å². The summed E-state index contributed by atoms with van der Waals surface area (Å²) < 4.78 is 11.4. The third kappa shape index (κ3) is 4.40. The fourth-order valence-corrected chi connectivity index (χ4v) is 0.595. The van der Waals surface area contributed by atoms with Gasteiger partial charge in [0.15, 0.2) is 3.83 Å². The van der Waals surface area contributed by atoms with Crippen molar-refractivity contribution in [2.75, 3.05) is 0 Å². The van der Waals surface area contributed by atoms with Gasteiger partial charge in [-0.3, -0.25) is 0 Å². The Hall–Kier alpha value is 0.400. The molecular weight excluding hydrogens is 194 g/mol. The van der Waals surface area contributed by atoms with Crippen LogP contribution < -0.4 is 0 Å². The van der Waals surface area contributed by atoms with E-state index in [0.29, 0.717) is 0 Å². The molecule has 0 fully saturated rings. The van der Waals surface area contributed by atoms with Gasteiger partial charge in [-0.15, -0.1) is 0 Å². The first-order valence-electron chi connectivity index (χ1n) is 1.78. The summed E-state index contributed by atoms with van der Waals surface area (Å²) in [4.78, 5) is 0. The Morgan fingerprint density at radius 2 is 2.50 bits per heavy atom. The van der Waals surface area contributed by atoms with E-state index in [1.165, 1.54) is 6.08 Å². The van der Waals surface area contributed by atoms with Gasteiger partial charge in [-0.1, -0.05) is 6.92 Å². The molecule has 0 amide bonds. The number of hydrogen-bond donors (Lipinski definition) is 0. The average molecular weight is 200 g/mol. The van der Waals surface area contributed by atoms with Crippen LogP contribution in [0, 0.1) is 0 Å². The Kier molecular flexibility index (Phi) is 3.82. The first-order chi connectivity index (χ1) is 2.77. The maximum absolute atomic E-state index is 11.5. The molecule has 0 saturated heterocycles. The second-order valence-corrected chi connectivity index (χ2v) is 1.93. The summed E-state index contributed by atoms with van der Waals surface area (Å²) in [5, 5.41) is 0. The highest BCUT2D eigenvalue weighted by atomic mass is 127. The predicted octanol–water partition coefficient (Wildman–Crippen LogP) is 2.64. The molecule has 0 aromatic rings. The van der Waals surface area contributed by atoms with Crippen molar-refractivity contribution in [3.63, 3.8) is 0 Å². The molecule has 0 bridgehead atoms. The van der Waals surface area contributed by atoms with Crippen molar-refractivity contribution in [1.29, 1.82) is 0 Å². The minimum absolute atomic E-state index is 0.116. The van der Waals surface area contributed by atoms with Crippen LogP contribution in [0.1, 0.15) is 13.3 Å². The maximum atomic E-state index is 11.5. The fourth-order valence-electron chi connectivity index (χ4n) is 0.154. The Morgan fingerprint density at radius 1 is 2.00 bits per heavy atom. The van der Waals surface area contributed by atoms with Gasteiger partial charge >= 0.3 is 0 Å². The van der Waals surface area contributed by atoms with Crippen LogP contribution in [0.5, 0.6) is 0 Å². The molecule has 0 aliphatic heterocycles. The summed E-state index contributed by atoms with van der Waals surface area (Å²) in [5.74, 6) is 0. The zero-order chi connectivity index (χ0) is 4.99. The number of rotatable bonds is 1. The molecule has 0 unspecified atom stereocenters. The SMILES string of the molecule is CC/C=C(/F)I. The van der Waals surface area contributed by atoms with E-state index < -0.39 is 0 Å². The minimum atomic E-state index is -0.116. The van der Waals surface area contributed by atoms with Crippen LogP contribution in [0.3, 0.4) is 0 Å². The van der Waals surface area contributed by atoms with Gasteiger partial charge in [0.1, 0.15) is 0 Å². The highest BCUT2D eigenvalue weighted by Gasteiger charge is 1.75. The van der Waals surface area contributed by atoms with Crippen LogP contribution in [0.4, 0.5) is 4.39 Å². The van der Waals surface area contributed by atoms with Crippen LogP contribution in [-0.4, -0.2) is 0 Å². The molecule has 36 valence electrons. The van der Waals surface area contributed by atoms with Crippen molar-refractivity contribution in [3.05, 3.63) is 9.91 Å². The van der Waals surface area contributed by atoms with Crippen molar-refractivity contribution >= 4 is 22.6 Å². The summed E-state index contributed by atoms with van der Waals surface area (Å²) >= 11 is 1.64. The summed E-state index contributed by atoms with van der Waals surface area (Å²) in [7, 11) is 0. The summed E-state index contributed by atoms with van der Waals surface area (Å²) in [5.41, 5.74) is 0. The standard InChI is InChI=1S/C4H6FI/c1-2-3-4(5)6/h3H,2H2,1H3/b4-3-. The van der Waals surface area contributed by atoms with Crippen LogP contribution in [0.15, 0.2) is 9.91 Å². The number of halogens is 2. The van der Waals surface area contributed by atoms with E-state index in [2.05, 4.69) is 0 Å². The Labute approximate surface area is 50.6 Å². The van der Waals surface area contributed by atoms with Gasteiger partial charge in [-0.2, -0.15) is 0 Å². The van der Waals surface area contributed by atoms with E-state index >= 15 is 0 Å². The lowest BCUT2D eigenvalue weighted by molar-refractivity contribution is 0.706. The molecule has 0 spiro atoms. The molecule has 0 N–H and O–H groups in total. The topological polar surface area (TPSA) is 0 Å². The molecule has 0 aliphatic carbocycles. The molecule has 0 heterocycles. The van der Waals surface area contributed by atoms with Gasteiger partial charge < -0.3 is 0 Å². The third-order valence-corrected chi connectivity index (χ3v) is 0.799. The molecule has 0 radical (unpaired) electrons. The van der Waals surface area contributed by atoms with E-state index in [9.17, 15) is 4.39 Å². The van der Waals surface area contributed by atoms with Crippen LogP contribution in [-0.2, 0) is 0 Å². The molecule has 0 rings (SSSR count). The highest BCUT2D eigenvalue weighted by molar-refractivity contribution is 14.1. The lowest BCUT2D eigenvalue weighted by Crippen LogP contribution is -1.50. The lowest BCUT2D eigenvalue weighted by Gasteiger charge is -1.73. The molecule has 2 heteroatoms. The fraction of sp³-hybridized carbons (Fsp3) is 0.500. The second kappa shape index (κ2) is 3.59. The monoisotopic (exact) mass is 200 g/mol. The highest BCUT2D eigenvalue weighted by Crippen LogP contribution is 2.05. The molecule has 0 nitrogen and oxygen atoms in total. The normalized spacial score (nSPS) is 12.2. The molecule has 0 aliphatic rings. The molecule has 0 saturated carbocycles. The zero-order valence-electron chi connectivity index (χ0n) is 3.54. The van der Waals surface area contributed by atoms with Gasteiger partial charge in [-0.25, -0.2) is 4.39 Å². The van der Waals surface area contributed by atoms with Crippen molar-refractivity contribution in [2.24, 2.45) is 0 Å². The van der Waals surface area contributed by atoms with Crippen LogP contribution in [0.25, 0.3) is 0 Å². The summed E-state index contributed by atoms with van der Waals surface area (Å²) in [6.07, 6.45) is 2.31. The maximum Gasteiger partial charge on any atom is 0.156 e. The first-order valence-corrected chi connectivity index (χ1v) is 2.86. The van der Waals surface area contributed by atoms with Crippen LogP contribution >= 0.6 is 22.6 Å². The minimum Gasteiger partial charge on any atom is -0.200 e. The number of allylic oxidation sites excluding steroid dienone is 1. The Morgan fingerprint density at radius 3 is 2.50 bits per heavy atom. The van der Waals surface area contributed by atoms with E-state index in [0.717, 1.165) is 6.42 Å². The van der Waals surface area contributed by atoms with E-state index in [4.69, 9.17) is 0 Å². The van der Waals surface area contributed by atoms with Gasteiger partial charge in [-0.05, 0) is 35.1 Å². The quantitative estimate of drug-likeness (QED) is 0.570.